The van der Waals surface area contributed by atoms with Gasteiger partial charge in [-0.1, -0.05) is 0 Å². The van der Waals surface area contributed by atoms with Crippen LogP contribution in [0.4, 0.5) is 0 Å². The molecule has 0 radical (unpaired) electrons. The van der Waals surface area contributed by atoms with Crippen molar-refractivity contribution in [2.75, 3.05) is 32.8 Å². The highest BCUT2D eigenvalue weighted by Gasteiger charge is 2.21. The topological polar surface area (TPSA) is 61.8 Å². The van der Waals surface area contributed by atoms with Gasteiger partial charge in [-0.2, -0.15) is 0 Å². The molecule has 0 unspecified atom stereocenters. The van der Waals surface area contributed by atoms with Crippen molar-refractivity contribution in [1.82, 2.24) is 10.2 Å². The van der Waals surface area contributed by atoms with Crippen molar-refractivity contribution in [3.05, 3.63) is 0 Å². The third-order valence-corrected chi connectivity index (χ3v) is 3.77. The number of aliphatic hydroxyl groups excluding tert-OH is 1. The van der Waals surface area contributed by atoms with Gasteiger partial charge in [0.05, 0.1) is 25.2 Å². The molecular formula is C13H24N2O3. The second kappa shape index (κ2) is 7.07. The number of ether oxygens (including phenoxy) is 1. The predicted octanol–water partition coefficient (Wildman–Crippen LogP) is 0.128. The predicted molar refractivity (Wildman–Crippen MR) is 68.3 cm³/mol. The molecule has 2 fully saturated rings. The molecule has 18 heavy (non-hydrogen) atoms. The summed E-state index contributed by atoms with van der Waals surface area (Å²) in [5.41, 5.74) is 0. The number of rotatable bonds is 4. The van der Waals surface area contributed by atoms with Gasteiger partial charge in [0.25, 0.3) is 0 Å². The van der Waals surface area contributed by atoms with Crippen LogP contribution in [0.5, 0.6) is 0 Å². The molecule has 5 heteroatoms. The molecule has 2 rings (SSSR count). The minimum absolute atomic E-state index is 0.163. The van der Waals surface area contributed by atoms with Crippen LogP contribution in [-0.4, -0.2) is 60.9 Å². The standard InChI is InChI=1S/C13H24N2O3/c16-11-3-8-15(9-4-11)13(17)5-10-18-12-1-6-14-7-2-12/h11-12,14,16H,1-10H2. The summed E-state index contributed by atoms with van der Waals surface area (Å²) in [5.74, 6) is 0.163. The third kappa shape index (κ3) is 4.23. The molecule has 0 spiro atoms. The summed E-state index contributed by atoms with van der Waals surface area (Å²) in [6.45, 7) is 3.94. The van der Waals surface area contributed by atoms with Crippen LogP contribution in [0, 0.1) is 0 Å². The van der Waals surface area contributed by atoms with E-state index in [-0.39, 0.29) is 12.0 Å². The van der Waals surface area contributed by atoms with Crippen LogP contribution in [0.25, 0.3) is 0 Å². The normalized spacial score (nSPS) is 23.3. The van der Waals surface area contributed by atoms with Crippen LogP contribution >= 0.6 is 0 Å². The van der Waals surface area contributed by atoms with E-state index in [1.54, 1.807) is 0 Å². The van der Waals surface area contributed by atoms with Crippen LogP contribution < -0.4 is 5.32 Å². The molecule has 0 aliphatic carbocycles. The van der Waals surface area contributed by atoms with Gasteiger partial charge in [0.2, 0.25) is 5.91 Å². The molecule has 0 atom stereocenters. The second-order valence-electron chi connectivity index (χ2n) is 5.18. The number of aliphatic hydroxyl groups is 1. The summed E-state index contributed by atoms with van der Waals surface area (Å²) in [6.07, 6.45) is 4.08. The fourth-order valence-electron chi connectivity index (χ4n) is 2.55. The summed E-state index contributed by atoms with van der Waals surface area (Å²) < 4.78 is 5.73. The summed E-state index contributed by atoms with van der Waals surface area (Å²) in [4.78, 5) is 13.7. The summed E-state index contributed by atoms with van der Waals surface area (Å²) >= 11 is 0. The minimum atomic E-state index is -0.222. The first-order valence-corrected chi connectivity index (χ1v) is 7.04. The number of hydrogen-bond acceptors (Lipinski definition) is 4. The number of carbonyl (C=O) groups is 1. The molecule has 0 aromatic heterocycles. The monoisotopic (exact) mass is 256 g/mol. The number of likely N-dealkylation sites (tertiary alicyclic amines) is 1. The number of piperidine rings is 2. The maximum atomic E-state index is 11.9. The molecule has 104 valence electrons. The Hall–Kier alpha value is -0.650. The molecule has 5 nitrogen and oxygen atoms in total. The van der Waals surface area contributed by atoms with Gasteiger partial charge in [0.1, 0.15) is 0 Å². The Balaban J connectivity index is 1.59. The first-order chi connectivity index (χ1) is 8.75. The molecule has 2 aliphatic rings. The van der Waals surface area contributed by atoms with Crippen LogP contribution in [0.1, 0.15) is 32.1 Å². The number of hydrogen-bond donors (Lipinski definition) is 2. The summed E-state index contributed by atoms with van der Waals surface area (Å²) in [5, 5.41) is 12.7. The highest BCUT2D eigenvalue weighted by Crippen LogP contribution is 2.12. The van der Waals surface area contributed by atoms with Crippen molar-refractivity contribution in [2.24, 2.45) is 0 Å². The zero-order chi connectivity index (χ0) is 12.8. The fourth-order valence-corrected chi connectivity index (χ4v) is 2.55. The van der Waals surface area contributed by atoms with Crippen molar-refractivity contribution >= 4 is 5.91 Å². The molecule has 2 saturated heterocycles. The zero-order valence-corrected chi connectivity index (χ0v) is 10.9. The van der Waals surface area contributed by atoms with Crippen LogP contribution in [0.3, 0.4) is 0 Å². The van der Waals surface area contributed by atoms with E-state index in [1.807, 2.05) is 4.90 Å². The SMILES string of the molecule is O=C(CCOC1CCNCC1)N1CCC(O)CC1. The third-order valence-electron chi connectivity index (χ3n) is 3.77. The van der Waals surface area contributed by atoms with Crippen LogP contribution in [0.15, 0.2) is 0 Å². The maximum Gasteiger partial charge on any atom is 0.224 e. The molecule has 2 heterocycles. The van der Waals surface area contributed by atoms with Crippen molar-refractivity contribution in [3.8, 4) is 0 Å². The van der Waals surface area contributed by atoms with Gasteiger partial charge in [0.15, 0.2) is 0 Å². The molecule has 2 N–H and O–H groups in total. The van der Waals surface area contributed by atoms with Gasteiger partial charge in [-0.25, -0.2) is 0 Å². The average Bonchev–Trinajstić information content (AvgIpc) is 2.40. The molecule has 0 aromatic carbocycles. The largest absolute Gasteiger partial charge is 0.393 e. The van der Waals surface area contributed by atoms with E-state index >= 15 is 0 Å². The Morgan fingerprint density at radius 3 is 2.56 bits per heavy atom. The van der Waals surface area contributed by atoms with Crippen molar-refractivity contribution in [3.63, 3.8) is 0 Å². The van der Waals surface area contributed by atoms with Gasteiger partial charge < -0.3 is 20.1 Å². The molecular weight excluding hydrogens is 232 g/mol. The van der Waals surface area contributed by atoms with Crippen molar-refractivity contribution in [2.45, 2.75) is 44.3 Å². The Morgan fingerprint density at radius 2 is 1.89 bits per heavy atom. The van der Waals surface area contributed by atoms with Crippen molar-refractivity contribution in [1.29, 1.82) is 0 Å². The molecule has 0 bridgehead atoms. The minimum Gasteiger partial charge on any atom is -0.393 e. The highest BCUT2D eigenvalue weighted by atomic mass is 16.5. The van der Waals surface area contributed by atoms with E-state index in [0.29, 0.717) is 45.1 Å². The van der Waals surface area contributed by atoms with Gasteiger partial charge >= 0.3 is 0 Å². The second-order valence-corrected chi connectivity index (χ2v) is 5.18. The molecule has 0 aromatic rings. The summed E-state index contributed by atoms with van der Waals surface area (Å²) in [6, 6.07) is 0. The quantitative estimate of drug-likeness (QED) is 0.750. The van der Waals surface area contributed by atoms with Crippen LogP contribution in [0.2, 0.25) is 0 Å². The lowest BCUT2D eigenvalue weighted by atomic mass is 10.1. The Bertz CT molecular complexity index is 259. The lowest BCUT2D eigenvalue weighted by Gasteiger charge is -2.30. The first-order valence-electron chi connectivity index (χ1n) is 7.04. The molecule has 2 aliphatic heterocycles. The number of nitrogens with one attached hydrogen (secondary N) is 1. The Morgan fingerprint density at radius 1 is 1.22 bits per heavy atom. The van der Waals surface area contributed by atoms with E-state index in [4.69, 9.17) is 4.74 Å². The highest BCUT2D eigenvalue weighted by molar-refractivity contribution is 5.76. The lowest BCUT2D eigenvalue weighted by molar-refractivity contribution is -0.134. The van der Waals surface area contributed by atoms with Crippen LogP contribution in [-0.2, 0) is 9.53 Å². The average molecular weight is 256 g/mol. The van der Waals surface area contributed by atoms with E-state index in [9.17, 15) is 9.90 Å². The zero-order valence-electron chi connectivity index (χ0n) is 10.9. The number of nitrogens with zero attached hydrogens (tertiary/aromatic N) is 1. The fraction of sp³-hybridized carbons (Fsp3) is 0.923. The molecule has 0 saturated carbocycles. The summed E-state index contributed by atoms with van der Waals surface area (Å²) in [7, 11) is 0. The number of amides is 1. The van der Waals surface area contributed by atoms with Gasteiger partial charge in [0, 0.05) is 13.1 Å². The van der Waals surface area contributed by atoms with E-state index in [0.717, 1.165) is 25.9 Å². The van der Waals surface area contributed by atoms with Crippen molar-refractivity contribution < 1.29 is 14.6 Å². The van der Waals surface area contributed by atoms with E-state index < -0.39 is 0 Å². The molecule has 1 amide bonds. The van der Waals surface area contributed by atoms with E-state index in [1.165, 1.54) is 0 Å². The van der Waals surface area contributed by atoms with E-state index in [2.05, 4.69) is 5.32 Å². The Labute approximate surface area is 108 Å². The lowest BCUT2D eigenvalue weighted by Crippen LogP contribution is -2.40. The Kier molecular flexibility index (Phi) is 5.41. The van der Waals surface area contributed by atoms with Gasteiger partial charge in [-0.3, -0.25) is 4.79 Å². The number of carbonyl (C=O) groups excluding carboxylic acids is 1. The van der Waals surface area contributed by atoms with Gasteiger partial charge in [-0.15, -0.1) is 0 Å². The first kappa shape index (κ1) is 13.8. The maximum absolute atomic E-state index is 11.9. The van der Waals surface area contributed by atoms with Gasteiger partial charge in [-0.05, 0) is 38.8 Å². The smallest absolute Gasteiger partial charge is 0.224 e.